The van der Waals surface area contributed by atoms with E-state index in [0.29, 0.717) is 18.4 Å². The van der Waals surface area contributed by atoms with Crippen LogP contribution in [0, 0.1) is 18.8 Å². The van der Waals surface area contributed by atoms with Gasteiger partial charge in [-0.3, -0.25) is 0 Å². The number of benzene rings is 1. The number of amides is 2. The van der Waals surface area contributed by atoms with Gasteiger partial charge in [0.05, 0.1) is 0 Å². The van der Waals surface area contributed by atoms with Crippen LogP contribution in [0.4, 0.5) is 10.5 Å². The van der Waals surface area contributed by atoms with Crippen molar-refractivity contribution in [3.63, 3.8) is 0 Å². The van der Waals surface area contributed by atoms with Crippen LogP contribution in [0.3, 0.4) is 0 Å². The summed E-state index contributed by atoms with van der Waals surface area (Å²) in [6.07, 6.45) is 2.62. The van der Waals surface area contributed by atoms with Crippen LogP contribution in [0.1, 0.15) is 44.7 Å². The van der Waals surface area contributed by atoms with Crippen molar-refractivity contribution in [3.8, 4) is 0 Å². The highest BCUT2D eigenvalue weighted by molar-refractivity contribution is 5.91. The Hall–Kier alpha value is -1.55. The molecule has 1 aromatic carbocycles. The van der Waals surface area contributed by atoms with Gasteiger partial charge in [-0.1, -0.05) is 39.0 Å². The second kappa shape index (κ2) is 9.46. The van der Waals surface area contributed by atoms with E-state index < -0.39 is 0 Å². The molecular formula is C18H30N2O2. The number of hydrogen-bond donors (Lipinski definition) is 3. The molecule has 1 atom stereocenters. The minimum Gasteiger partial charge on any atom is -0.396 e. The third kappa shape index (κ3) is 6.06. The van der Waals surface area contributed by atoms with E-state index in [4.69, 9.17) is 5.11 Å². The number of rotatable bonds is 8. The minimum absolute atomic E-state index is 0.165. The molecule has 0 heterocycles. The van der Waals surface area contributed by atoms with Crippen molar-refractivity contribution in [2.45, 2.75) is 47.0 Å². The van der Waals surface area contributed by atoms with Gasteiger partial charge in [0, 0.05) is 18.8 Å². The van der Waals surface area contributed by atoms with Gasteiger partial charge < -0.3 is 15.7 Å². The maximum Gasteiger partial charge on any atom is 0.319 e. The predicted molar refractivity (Wildman–Crippen MR) is 92.2 cm³/mol. The van der Waals surface area contributed by atoms with E-state index in [0.717, 1.165) is 36.1 Å². The van der Waals surface area contributed by atoms with Gasteiger partial charge in [-0.05, 0) is 49.1 Å². The van der Waals surface area contributed by atoms with Crippen molar-refractivity contribution in [2.24, 2.45) is 11.8 Å². The van der Waals surface area contributed by atoms with E-state index >= 15 is 0 Å². The molecule has 0 radical (unpaired) electrons. The van der Waals surface area contributed by atoms with Crippen LogP contribution in [-0.2, 0) is 6.42 Å². The molecule has 1 aromatic rings. The Morgan fingerprint density at radius 2 is 2.05 bits per heavy atom. The average Bonchev–Trinajstić information content (AvgIpc) is 2.46. The van der Waals surface area contributed by atoms with E-state index in [2.05, 4.69) is 31.4 Å². The summed E-state index contributed by atoms with van der Waals surface area (Å²) in [6, 6.07) is 5.88. The summed E-state index contributed by atoms with van der Waals surface area (Å²) >= 11 is 0. The second-order valence-corrected chi connectivity index (χ2v) is 6.31. The van der Waals surface area contributed by atoms with Crippen molar-refractivity contribution in [3.05, 3.63) is 29.3 Å². The van der Waals surface area contributed by atoms with Gasteiger partial charge in [-0.25, -0.2) is 4.79 Å². The largest absolute Gasteiger partial charge is 0.396 e. The van der Waals surface area contributed by atoms with Crippen LogP contribution in [-0.4, -0.2) is 24.3 Å². The third-order valence-corrected chi connectivity index (χ3v) is 3.87. The molecule has 124 valence electrons. The first-order valence-corrected chi connectivity index (χ1v) is 8.22. The molecule has 22 heavy (non-hydrogen) atoms. The first kappa shape index (κ1) is 18.5. The molecule has 0 aromatic heterocycles. The van der Waals surface area contributed by atoms with E-state index in [9.17, 15) is 4.79 Å². The number of aliphatic hydroxyl groups is 1. The van der Waals surface area contributed by atoms with Gasteiger partial charge >= 0.3 is 6.03 Å². The fourth-order valence-electron chi connectivity index (χ4n) is 2.75. The number of carbonyl (C=O) groups is 1. The summed E-state index contributed by atoms with van der Waals surface area (Å²) in [4.78, 5) is 12.1. The Morgan fingerprint density at radius 1 is 1.32 bits per heavy atom. The van der Waals surface area contributed by atoms with Gasteiger partial charge in [0.1, 0.15) is 0 Å². The summed E-state index contributed by atoms with van der Waals surface area (Å²) in [5.74, 6) is 0.878. The molecule has 3 N–H and O–H groups in total. The molecule has 0 bridgehead atoms. The number of urea groups is 1. The van der Waals surface area contributed by atoms with E-state index in [1.54, 1.807) is 0 Å². The van der Waals surface area contributed by atoms with Crippen molar-refractivity contribution in [2.75, 3.05) is 18.5 Å². The molecule has 0 aliphatic rings. The van der Waals surface area contributed by atoms with Gasteiger partial charge in [0.2, 0.25) is 0 Å². The molecule has 1 rings (SSSR count). The molecular weight excluding hydrogens is 276 g/mol. The number of anilines is 1. The zero-order valence-corrected chi connectivity index (χ0v) is 14.3. The Labute approximate surface area is 134 Å². The Balaban J connectivity index is 2.59. The molecule has 0 spiro atoms. The van der Waals surface area contributed by atoms with Gasteiger partial charge in [0.25, 0.3) is 0 Å². The second-order valence-electron chi connectivity index (χ2n) is 6.31. The average molecular weight is 306 g/mol. The smallest absolute Gasteiger partial charge is 0.319 e. The minimum atomic E-state index is -0.171. The number of aliphatic hydroxyl groups excluding tert-OH is 1. The molecule has 1 unspecified atom stereocenters. The summed E-state index contributed by atoms with van der Waals surface area (Å²) in [7, 11) is 0. The lowest BCUT2D eigenvalue weighted by molar-refractivity contribution is 0.231. The summed E-state index contributed by atoms with van der Waals surface area (Å²) in [5, 5.41) is 15.0. The van der Waals surface area contributed by atoms with Crippen molar-refractivity contribution < 1.29 is 9.90 Å². The summed E-state index contributed by atoms with van der Waals surface area (Å²) < 4.78 is 0. The van der Waals surface area contributed by atoms with Crippen LogP contribution in [0.5, 0.6) is 0 Å². The van der Waals surface area contributed by atoms with Crippen LogP contribution < -0.4 is 10.6 Å². The Morgan fingerprint density at radius 3 is 2.64 bits per heavy atom. The lowest BCUT2D eigenvalue weighted by Crippen LogP contribution is -2.34. The third-order valence-electron chi connectivity index (χ3n) is 3.87. The first-order chi connectivity index (χ1) is 10.5. The maximum absolute atomic E-state index is 12.1. The van der Waals surface area contributed by atoms with Gasteiger partial charge in [-0.2, -0.15) is 0 Å². The maximum atomic E-state index is 12.1. The lowest BCUT2D eigenvalue weighted by Gasteiger charge is -2.19. The first-order valence-electron chi connectivity index (χ1n) is 8.22. The quantitative estimate of drug-likeness (QED) is 0.685. The molecule has 0 aliphatic heterocycles. The van der Waals surface area contributed by atoms with Crippen molar-refractivity contribution in [1.29, 1.82) is 0 Å². The number of para-hydroxylation sites is 1. The van der Waals surface area contributed by atoms with Crippen LogP contribution >= 0.6 is 0 Å². The molecule has 0 aliphatic carbocycles. The molecule has 4 nitrogen and oxygen atoms in total. The van der Waals surface area contributed by atoms with E-state index in [-0.39, 0.29) is 12.6 Å². The number of nitrogens with one attached hydrogen (secondary N) is 2. The lowest BCUT2D eigenvalue weighted by atomic mass is 9.94. The Kier molecular flexibility index (Phi) is 7.96. The highest BCUT2D eigenvalue weighted by Gasteiger charge is 2.13. The van der Waals surface area contributed by atoms with Crippen LogP contribution in [0.15, 0.2) is 18.2 Å². The molecule has 0 saturated carbocycles. The highest BCUT2D eigenvalue weighted by Crippen LogP contribution is 2.21. The fraction of sp³-hybridized carbons (Fsp3) is 0.611. The molecule has 4 heteroatoms. The topological polar surface area (TPSA) is 61.4 Å². The number of carbonyl (C=O) groups excluding carboxylic acids is 1. The van der Waals surface area contributed by atoms with Crippen molar-refractivity contribution in [1.82, 2.24) is 5.32 Å². The van der Waals surface area contributed by atoms with Crippen LogP contribution in [0.25, 0.3) is 0 Å². The van der Waals surface area contributed by atoms with Gasteiger partial charge in [-0.15, -0.1) is 0 Å². The van der Waals surface area contributed by atoms with E-state index in [1.807, 2.05) is 25.1 Å². The SMILES string of the molecule is CCc1cccc(C)c1NC(=O)NCC(CCO)CC(C)C. The zero-order valence-electron chi connectivity index (χ0n) is 14.3. The number of hydrogen-bond acceptors (Lipinski definition) is 2. The summed E-state index contributed by atoms with van der Waals surface area (Å²) in [5.41, 5.74) is 3.12. The van der Waals surface area contributed by atoms with Crippen molar-refractivity contribution >= 4 is 11.7 Å². The fourth-order valence-corrected chi connectivity index (χ4v) is 2.75. The van der Waals surface area contributed by atoms with E-state index in [1.165, 1.54) is 0 Å². The van der Waals surface area contributed by atoms with Crippen LogP contribution in [0.2, 0.25) is 0 Å². The predicted octanol–water partition coefficient (Wildman–Crippen LogP) is 3.72. The normalized spacial score (nSPS) is 12.3. The number of aryl methyl sites for hydroxylation is 2. The standard InChI is InChI=1S/C18H30N2O2/c1-5-16-8-6-7-14(4)17(16)20-18(22)19-12-15(9-10-21)11-13(2)3/h6-8,13,15,21H,5,9-12H2,1-4H3,(H2,19,20,22). The Bertz CT molecular complexity index is 472. The van der Waals surface area contributed by atoms with Gasteiger partial charge in [0.15, 0.2) is 0 Å². The molecule has 2 amide bonds. The monoisotopic (exact) mass is 306 g/mol. The summed E-state index contributed by atoms with van der Waals surface area (Å²) in [6.45, 7) is 9.16. The molecule has 0 saturated heterocycles. The highest BCUT2D eigenvalue weighted by atomic mass is 16.3. The molecule has 0 fully saturated rings. The zero-order chi connectivity index (χ0) is 16.5.